The van der Waals surface area contributed by atoms with Gasteiger partial charge in [0.1, 0.15) is 0 Å². The van der Waals surface area contributed by atoms with Gasteiger partial charge < -0.3 is 4.74 Å². The minimum atomic E-state index is 0. The first-order valence-electron chi connectivity index (χ1n) is 2.08. The molecule has 0 aromatic rings. The molecular formula is C4H9CuLiO. The molecule has 1 heterocycles. The van der Waals surface area contributed by atoms with E-state index in [9.17, 15) is 0 Å². The van der Waals surface area contributed by atoms with Crippen LogP contribution >= 0.6 is 0 Å². The van der Waals surface area contributed by atoms with Crippen molar-refractivity contribution in [2.24, 2.45) is 0 Å². The fourth-order valence-corrected chi connectivity index (χ4v) is 0.510. The summed E-state index contributed by atoms with van der Waals surface area (Å²) in [6.45, 7) is 2.00. The molecule has 0 unspecified atom stereocenters. The Kier molecular flexibility index (Phi) is 11.1. The zero-order valence-corrected chi connectivity index (χ0v) is 4.48. The van der Waals surface area contributed by atoms with E-state index >= 15 is 0 Å². The van der Waals surface area contributed by atoms with Gasteiger partial charge in [0.2, 0.25) is 0 Å². The summed E-state index contributed by atoms with van der Waals surface area (Å²) in [4.78, 5) is 0. The summed E-state index contributed by atoms with van der Waals surface area (Å²) in [7, 11) is 0. The van der Waals surface area contributed by atoms with Gasteiger partial charge in [-0.15, -0.1) is 0 Å². The van der Waals surface area contributed by atoms with Crippen LogP contribution in [0.5, 0.6) is 0 Å². The molecule has 0 bridgehead atoms. The normalized spacial score (nSPS) is 17.1. The first kappa shape index (κ1) is 11.0. The van der Waals surface area contributed by atoms with E-state index in [0.717, 1.165) is 13.2 Å². The van der Waals surface area contributed by atoms with Crippen LogP contribution in [0.3, 0.4) is 0 Å². The van der Waals surface area contributed by atoms with Gasteiger partial charge in [0, 0.05) is 30.3 Å². The molecule has 1 rings (SSSR count). The predicted molar refractivity (Wildman–Crippen MR) is 27.2 cm³/mol. The Morgan fingerprint density at radius 3 is 1.57 bits per heavy atom. The third-order valence-corrected chi connectivity index (χ3v) is 0.827. The zero-order valence-electron chi connectivity index (χ0n) is 3.54. The monoisotopic (exact) mass is 143 g/mol. The predicted octanol–water partition coefficient (Wildman–Crippen LogP) is 0.146. The second kappa shape index (κ2) is 7.08. The molecule has 0 aromatic heterocycles. The van der Waals surface area contributed by atoms with Gasteiger partial charge in [-0.25, -0.2) is 0 Å². The second-order valence-corrected chi connectivity index (χ2v) is 1.32. The number of rotatable bonds is 0. The van der Waals surface area contributed by atoms with Gasteiger partial charge >= 0.3 is 18.9 Å². The first-order chi connectivity index (χ1) is 2.50. The van der Waals surface area contributed by atoms with Crippen molar-refractivity contribution in [2.75, 3.05) is 13.2 Å². The molecule has 1 aliphatic heterocycles. The first-order valence-corrected chi connectivity index (χ1v) is 2.08. The Hall–Kier alpha value is 1.08. The molecule has 0 aliphatic carbocycles. The summed E-state index contributed by atoms with van der Waals surface area (Å²) >= 11 is 0. The van der Waals surface area contributed by atoms with Gasteiger partial charge in [0.05, 0.1) is 0 Å². The molecular weight excluding hydrogens is 135 g/mol. The topological polar surface area (TPSA) is 9.23 Å². The van der Waals surface area contributed by atoms with Crippen molar-refractivity contribution >= 4 is 18.9 Å². The van der Waals surface area contributed by atoms with E-state index in [1.165, 1.54) is 12.8 Å². The average Bonchev–Trinajstić information content (AvgIpc) is 1.76. The van der Waals surface area contributed by atoms with Crippen LogP contribution in [0.2, 0.25) is 0 Å². The summed E-state index contributed by atoms with van der Waals surface area (Å²) < 4.78 is 4.94. The molecule has 1 saturated heterocycles. The van der Waals surface area contributed by atoms with Crippen LogP contribution in [0, 0.1) is 0 Å². The van der Waals surface area contributed by atoms with Crippen molar-refractivity contribution in [3.63, 3.8) is 0 Å². The average molecular weight is 144 g/mol. The van der Waals surface area contributed by atoms with E-state index in [2.05, 4.69) is 0 Å². The fraction of sp³-hybridized carbons (Fsp3) is 1.00. The summed E-state index contributed by atoms with van der Waals surface area (Å²) in [6.07, 6.45) is 2.56. The summed E-state index contributed by atoms with van der Waals surface area (Å²) in [5.74, 6) is 0. The minimum absolute atomic E-state index is 0. The van der Waals surface area contributed by atoms with E-state index in [4.69, 9.17) is 4.74 Å². The maximum absolute atomic E-state index is 4.94. The quantitative estimate of drug-likeness (QED) is 0.439. The molecule has 0 amide bonds. The van der Waals surface area contributed by atoms with Gasteiger partial charge in [0.25, 0.3) is 0 Å². The van der Waals surface area contributed by atoms with E-state index in [1.807, 2.05) is 0 Å². The molecule has 1 fully saturated rings. The molecule has 0 N–H and O–H groups in total. The molecule has 0 aromatic carbocycles. The Bertz CT molecular complexity index is 23.3. The van der Waals surface area contributed by atoms with Crippen molar-refractivity contribution in [2.45, 2.75) is 12.8 Å². The van der Waals surface area contributed by atoms with Crippen molar-refractivity contribution in [1.82, 2.24) is 0 Å². The summed E-state index contributed by atoms with van der Waals surface area (Å²) in [6, 6.07) is 0. The van der Waals surface area contributed by atoms with Crippen LogP contribution in [0.4, 0.5) is 0 Å². The van der Waals surface area contributed by atoms with Gasteiger partial charge in [-0.2, -0.15) is 0 Å². The molecule has 0 saturated carbocycles. The molecule has 1 radical (unpaired) electrons. The Morgan fingerprint density at radius 2 is 1.43 bits per heavy atom. The molecule has 1 nitrogen and oxygen atoms in total. The third-order valence-electron chi connectivity index (χ3n) is 0.827. The van der Waals surface area contributed by atoms with Gasteiger partial charge in [-0.3, -0.25) is 0 Å². The van der Waals surface area contributed by atoms with Crippen LogP contribution in [0.25, 0.3) is 0 Å². The SMILES string of the molecule is C1CCOC1.[Cu].[LiH]. The van der Waals surface area contributed by atoms with Crippen LogP contribution in [0.1, 0.15) is 12.8 Å². The molecule has 43 valence electrons. The summed E-state index contributed by atoms with van der Waals surface area (Å²) in [5, 5.41) is 0. The fourth-order valence-electron chi connectivity index (χ4n) is 0.510. The third kappa shape index (κ3) is 4.94. The van der Waals surface area contributed by atoms with E-state index < -0.39 is 0 Å². The summed E-state index contributed by atoms with van der Waals surface area (Å²) in [5.41, 5.74) is 0. The van der Waals surface area contributed by atoms with Gasteiger partial charge in [-0.1, -0.05) is 0 Å². The van der Waals surface area contributed by atoms with Crippen molar-refractivity contribution < 1.29 is 21.8 Å². The molecule has 1 aliphatic rings. The van der Waals surface area contributed by atoms with Crippen LogP contribution in [0.15, 0.2) is 0 Å². The van der Waals surface area contributed by atoms with E-state index in [-0.39, 0.29) is 35.9 Å². The number of ether oxygens (including phenoxy) is 1. The van der Waals surface area contributed by atoms with Crippen LogP contribution in [-0.2, 0) is 21.8 Å². The van der Waals surface area contributed by atoms with E-state index in [0.29, 0.717) is 0 Å². The Labute approximate surface area is 66.8 Å². The molecule has 0 spiro atoms. The van der Waals surface area contributed by atoms with Crippen LogP contribution in [-0.4, -0.2) is 32.1 Å². The second-order valence-electron chi connectivity index (χ2n) is 1.32. The number of hydrogen-bond acceptors (Lipinski definition) is 1. The van der Waals surface area contributed by atoms with Crippen molar-refractivity contribution in [3.8, 4) is 0 Å². The zero-order chi connectivity index (χ0) is 3.54. The Balaban J connectivity index is 0. The van der Waals surface area contributed by atoms with Crippen LogP contribution < -0.4 is 0 Å². The van der Waals surface area contributed by atoms with Gasteiger partial charge in [-0.05, 0) is 12.8 Å². The van der Waals surface area contributed by atoms with E-state index in [1.54, 1.807) is 0 Å². The molecule has 7 heavy (non-hydrogen) atoms. The number of hydrogen-bond donors (Lipinski definition) is 0. The van der Waals surface area contributed by atoms with Crippen molar-refractivity contribution in [1.29, 1.82) is 0 Å². The maximum atomic E-state index is 4.94. The Morgan fingerprint density at radius 1 is 1.00 bits per heavy atom. The molecule has 3 heteroatoms. The van der Waals surface area contributed by atoms with Gasteiger partial charge in [0.15, 0.2) is 0 Å². The van der Waals surface area contributed by atoms with Crippen molar-refractivity contribution in [3.05, 3.63) is 0 Å². The molecule has 0 atom stereocenters. The standard InChI is InChI=1S/C4H8O.Cu.Li.H/c1-2-4-5-3-1;;;/h1-4H2;;;.